The van der Waals surface area contributed by atoms with E-state index in [2.05, 4.69) is 18.6 Å². The van der Waals surface area contributed by atoms with Gasteiger partial charge in [-0.15, -0.1) is 0 Å². The maximum atomic E-state index is 12.5. The van der Waals surface area contributed by atoms with Crippen molar-refractivity contribution in [3.63, 3.8) is 0 Å². The molecule has 7 heteroatoms. The van der Waals surface area contributed by atoms with Gasteiger partial charge in [-0.1, -0.05) is 13.8 Å². The van der Waals surface area contributed by atoms with Gasteiger partial charge >= 0.3 is 0 Å². The molecule has 0 aromatic rings. The van der Waals surface area contributed by atoms with Crippen LogP contribution in [0.1, 0.15) is 52.4 Å². The van der Waals surface area contributed by atoms with Crippen LogP contribution in [0.5, 0.6) is 0 Å². The zero-order chi connectivity index (χ0) is 17.8. The van der Waals surface area contributed by atoms with Crippen molar-refractivity contribution in [2.45, 2.75) is 58.0 Å². The number of ether oxygens (including phenoxy) is 1. The topological polar surface area (TPSA) is 75.7 Å². The predicted octanol–water partition coefficient (Wildman–Crippen LogP) is 1.76. The maximum absolute atomic E-state index is 12.5. The molecule has 2 saturated heterocycles. The third-order valence-corrected chi connectivity index (χ3v) is 6.24. The van der Waals surface area contributed by atoms with Crippen molar-refractivity contribution < 1.29 is 17.9 Å². The summed E-state index contributed by atoms with van der Waals surface area (Å²) in [4.78, 5) is 14.5. The first-order valence-electron chi connectivity index (χ1n) is 9.16. The molecular formula is C17H32N2O4S. The fourth-order valence-electron chi connectivity index (χ4n) is 3.95. The van der Waals surface area contributed by atoms with E-state index in [1.165, 1.54) is 6.26 Å². The number of hydrogen-bond donors (Lipinski definition) is 1. The summed E-state index contributed by atoms with van der Waals surface area (Å²) in [7, 11) is -3.14. The van der Waals surface area contributed by atoms with Crippen molar-refractivity contribution in [1.82, 2.24) is 9.62 Å². The Hall–Kier alpha value is -0.660. The van der Waals surface area contributed by atoms with Gasteiger partial charge in [0.05, 0.1) is 11.9 Å². The lowest BCUT2D eigenvalue weighted by Gasteiger charge is -2.46. The molecule has 2 aliphatic heterocycles. The van der Waals surface area contributed by atoms with Crippen LogP contribution in [0.15, 0.2) is 0 Å². The van der Waals surface area contributed by atoms with Crippen LogP contribution in [-0.2, 0) is 19.6 Å². The highest BCUT2D eigenvalue weighted by atomic mass is 32.2. The van der Waals surface area contributed by atoms with Crippen molar-refractivity contribution in [2.75, 3.05) is 32.5 Å². The van der Waals surface area contributed by atoms with Crippen molar-refractivity contribution in [2.24, 2.45) is 11.8 Å². The van der Waals surface area contributed by atoms with Crippen LogP contribution in [0.2, 0.25) is 0 Å². The average Bonchev–Trinajstić information content (AvgIpc) is 2.54. The first-order chi connectivity index (χ1) is 11.3. The highest BCUT2D eigenvalue weighted by Crippen LogP contribution is 2.37. The van der Waals surface area contributed by atoms with Crippen LogP contribution >= 0.6 is 0 Å². The second-order valence-electron chi connectivity index (χ2n) is 7.35. The van der Waals surface area contributed by atoms with Gasteiger partial charge in [-0.05, 0) is 44.4 Å². The predicted molar refractivity (Wildman–Crippen MR) is 94.1 cm³/mol. The number of carbonyl (C=O) groups is 1. The van der Waals surface area contributed by atoms with Crippen molar-refractivity contribution in [1.29, 1.82) is 0 Å². The zero-order valence-electron chi connectivity index (χ0n) is 15.2. The Balaban J connectivity index is 1.88. The number of hydrogen-bond acceptors (Lipinski definition) is 4. The Labute approximate surface area is 146 Å². The lowest BCUT2D eigenvalue weighted by atomic mass is 9.79. The molecule has 0 aromatic heterocycles. The molecule has 0 saturated carbocycles. The third-order valence-electron chi connectivity index (χ3n) is 5.55. The van der Waals surface area contributed by atoms with E-state index >= 15 is 0 Å². The smallest absolute Gasteiger partial charge is 0.225 e. The Kier molecular flexibility index (Phi) is 6.67. The Morgan fingerprint density at radius 1 is 1.29 bits per heavy atom. The molecule has 0 aromatic carbocycles. The van der Waals surface area contributed by atoms with E-state index in [0.29, 0.717) is 19.1 Å². The minimum Gasteiger partial charge on any atom is -0.375 e. The number of rotatable bonds is 6. The molecular weight excluding hydrogens is 328 g/mol. The summed E-state index contributed by atoms with van der Waals surface area (Å²) in [6.07, 6.45) is 6.47. The molecule has 2 aliphatic rings. The molecule has 2 fully saturated rings. The molecule has 1 unspecified atom stereocenters. The summed E-state index contributed by atoms with van der Waals surface area (Å²) in [5.74, 6) is 0.730. The molecule has 2 rings (SSSR count). The fourth-order valence-corrected chi connectivity index (χ4v) is 4.49. The first kappa shape index (κ1) is 19.7. The van der Waals surface area contributed by atoms with E-state index in [1.54, 1.807) is 0 Å². The zero-order valence-corrected chi connectivity index (χ0v) is 16.0. The number of carbonyl (C=O) groups excluding carboxylic acids is 1. The molecule has 1 amide bonds. The van der Waals surface area contributed by atoms with Gasteiger partial charge < -0.3 is 9.64 Å². The van der Waals surface area contributed by atoms with Gasteiger partial charge in [0.2, 0.25) is 15.9 Å². The molecule has 6 nitrogen and oxygen atoms in total. The van der Waals surface area contributed by atoms with E-state index in [1.807, 2.05) is 4.90 Å². The number of amides is 1. The van der Waals surface area contributed by atoms with Gasteiger partial charge in [0.15, 0.2) is 0 Å². The highest BCUT2D eigenvalue weighted by molar-refractivity contribution is 7.88. The molecule has 1 atom stereocenters. The van der Waals surface area contributed by atoms with Crippen LogP contribution < -0.4 is 4.72 Å². The van der Waals surface area contributed by atoms with E-state index < -0.39 is 10.0 Å². The average molecular weight is 361 g/mol. The normalized spacial score (nSPS) is 24.5. The molecule has 0 radical (unpaired) electrons. The number of sulfonamides is 1. The minimum atomic E-state index is -3.14. The largest absolute Gasteiger partial charge is 0.375 e. The first-order valence-corrected chi connectivity index (χ1v) is 11.0. The van der Waals surface area contributed by atoms with E-state index in [4.69, 9.17) is 4.74 Å². The second-order valence-corrected chi connectivity index (χ2v) is 9.18. The SMILES string of the molecule is CCC(CC)C(=O)N1CCC2(CC1)CC(CNS(C)(=O)=O)CCO2. The minimum absolute atomic E-state index is 0.137. The van der Waals surface area contributed by atoms with Crippen molar-refractivity contribution >= 4 is 15.9 Å². The van der Waals surface area contributed by atoms with E-state index in [9.17, 15) is 13.2 Å². The van der Waals surface area contributed by atoms with Crippen molar-refractivity contribution in [3.8, 4) is 0 Å². The van der Waals surface area contributed by atoms with Crippen LogP contribution in [0.4, 0.5) is 0 Å². The van der Waals surface area contributed by atoms with Gasteiger partial charge in [-0.3, -0.25) is 4.79 Å². The molecule has 1 N–H and O–H groups in total. The summed E-state index contributed by atoms with van der Waals surface area (Å²) in [6, 6.07) is 0. The van der Waals surface area contributed by atoms with Gasteiger partial charge in [-0.2, -0.15) is 0 Å². The standard InChI is InChI=1S/C17H32N2O4S/c1-4-15(5-2)16(20)19-9-7-17(8-10-19)12-14(6-11-23-17)13-18-24(3,21)22/h14-15,18H,4-13H2,1-3H3. The number of piperidine rings is 1. The second kappa shape index (κ2) is 8.15. The van der Waals surface area contributed by atoms with Gasteiger partial charge in [0.1, 0.15) is 0 Å². The number of nitrogens with one attached hydrogen (secondary N) is 1. The van der Waals surface area contributed by atoms with Gasteiger partial charge in [0.25, 0.3) is 0 Å². The van der Waals surface area contributed by atoms with Gasteiger partial charge in [-0.25, -0.2) is 13.1 Å². The van der Waals surface area contributed by atoms with Crippen LogP contribution in [0.3, 0.4) is 0 Å². The van der Waals surface area contributed by atoms with Crippen LogP contribution in [-0.4, -0.2) is 57.3 Å². The molecule has 24 heavy (non-hydrogen) atoms. The molecule has 0 aliphatic carbocycles. The van der Waals surface area contributed by atoms with E-state index in [0.717, 1.165) is 51.6 Å². The molecule has 0 bridgehead atoms. The Morgan fingerprint density at radius 2 is 1.92 bits per heavy atom. The molecule has 140 valence electrons. The van der Waals surface area contributed by atoms with Crippen molar-refractivity contribution in [3.05, 3.63) is 0 Å². The number of nitrogens with zero attached hydrogens (tertiary/aromatic N) is 1. The summed E-state index contributed by atoms with van der Waals surface area (Å²) in [6.45, 7) is 6.81. The quantitative estimate of drug-likeness (QED) is 0.783. The third kappa shape index (κ3) is 5.17. The summed E-state index contributed by atoms with van der Waals surface area (Å²) < 4.78 is 31.3. The molecule has 2 heterocycles. The van der Waals surface area contributed by atoms with E-state index in [-0.39, 0.29) is 17.4 Å². The Morgan fingerprint density at radius 3 is 2.46 bits per heavy atom. The fraction of sp³-hybridized carbons (Fsp3) is 0.941. The lowest BCUT2D eigenvalue weighted by molar-refractivity contribution is -0.150. The van der Waals surface area contributed by atoms with Crippen LogP contribution in [0.25, 0.3) is 0 Å². The molecule has 1 spiro atoms. The highest BCUT2D eigenvalue weighted by Gasteiger charge is 2.41. The maximum Gasteiger partial charge on any atom is 0.225 e. The summed E-state index contributed by atoms with van der Waals surface area (Å²) in [5, 5.41) is 0. The lowest BCUT2D eigenvalue weighted by Crippen LogP contribution is -2.52. The van der Waals surface area contributed by atoms with Gasteiger partial charge in [0, 0.05) is 32.2 Å². The van der Waals surface area contributed by atoms with Crippen LogP contribution in [0, 0.1) is 11.8 Å². The Bertz CT molecular complexity index is 523. The summed E-state index contributed by atoms with van der Waals surface area (Å²) in [5.41, 5.74) is -0.174. The monoisotopic (exact) mass is 360 g/mol. The number of likely N-dealkylation sites (tertiary alicyclic amines) is 1. The summed E-state index contributed by atoms with van der Waals surface area (Å²) >= 11 is 0.